The van der Waals surface area contributed by atoms with Crippen LogP contribution in [-0.2, 0) is 6.18 Å². The third-order valence-corrected chi connectivity index (χ3v) is 2.83. The zero-order chi connectivity index (χ0) is 12.5. The molecule has 0 spiro atoms. The lowest BCUT2D eigenvalue weighted by molar-refractivity contribution is -0.141. The molecule has 0 saturated heterocycles. The molecule has 0 radical (unpaired) electrons. The van der Waals surface area contributed by atoms with E-state index in [1.807, 2.05) is 0 Å². The van der Waals surface area contributed by atoms with E-state index < -0.39 is 11.9 Å². The highest BCUT2D eigenvalue weighted by Crippen LogP contribution is 2.32. The van der Waals surface area contributed by atoms with Gasteiger partial charge in [0.25, 0.3) is 0 Å². The van der Waals surface area contributed by atoms with Crippen LogP contribution >= 0.6 is 0 Å². The second kappa shape index (κ2) is 4.52. The summed E-state index contributed by atoms with van der Waals surface area (Å²) < 4.78 is 42.5. The van der Waals surface area contributed by atoms with Crippen molar-refractivity contribution in [3.63, 3.8) is 0 Å². The molecule has 0 unspecified atom stereocenters. The predicted octanol–water partition coefficient (Wildman–Crippen LogP) is 2.22. The largest absolute Gasteiger partial charge is 0.474 e. The van der Waals surface area contributed by atoms with Gasteiger partial charge in [0.2, 0.25) is 5.88 Å². The number of nitrogens with two attached hydrogens (primary N) is 1. The number of hydrogen-bond donors (Lipinski definition) is 1. The molecule has 17 heavy (non-hydrogen) atoms. The molecule has 1 heterocycles. The molecule has 1 aliphatic rings. The fraction of sp³-hybridized carbons (Fsp3) is 0.545. The maximum absolute atomic E-state index is 12.4. The van der Waals surface area contributed by atoms with Gasteiger partial charge in [-0.15, -0.1) is 0 Å². The Hall–Kier alpha value is -1.30. The number of hydrogen-bond acceptors (Lipinski definition) is 3. The van der Waals surface area contributed by atoms with Crippen LogP contribution in [0.2, 0.25) is 0 Å². The summed E-state index contributed by atoms with van der Waals surface area (Å²) in [5, 5.41) is 0. The summed E-state index contributed by atoms with van der Waals surface area (Å²) in [5.41, 5.74) is 4.52. The molecular formula is C11H13F3N2O. The molecule has 1 aromatic heterocycles. The summed E-state index contributed by atoms with van der Waals surface area (Å²) in [6, 6.07) is 3.66. The summed E-state index contributed by atoms with van der Waals surface area (Å²) in [5.74, 6) is 0.450. The number of aromatic nitrogens is 1. The fourth-order valence-electron chi connectivity index (χ4n) is 1.77. The Morgan fingerprint density at radius 1 is 1.35 bits per heavy atom. The van der Waals surface area contributed by atoms with E-state index in [2.05, 4.69) is 4.98 Å². The van der Waals surface area contributed by atoms with Crippen LogP contribution in [0.1, 0.15) is 18.5 Å². The zero-order valence-corrected chi connectivity index (χ0v) is 9.07. The Kier molecular flexibility index (Phi) is 3.24. The Balaban J connectivity index is 1.98. The molecule has 0 aliphatic heterocycles. The lowest BCUT2D eigenvalue weighted by Gasteiger charge is -2.34. The standard InChI is InChI=1S/C11H13F3N2O/c12-11(13,14)9-2-1-3-10(16-9)17-8-4-7(5-8)6-15/h1-3,7-8H,4-6,15H2. The van der Waals surface area contributed by atoms with Gasteiger partial charge in [0.05, 0.1) is 0 Å². The minimum absolute atomic E-state index is 0.0281. The highest BCUT2D eigenvalue weighted by molar-refractivity contribution is 5.18. The molecule has 94 valence electrons. The summed E-state index contributed by atoms with van der Waals surface area (Å²) in [6.07, 6.45) is -2.92. The molecule has 1 fully saturated rings. The van der Waals surface area contributed by atoms with E-state index in [0.29, 0.717) is 12.5 Å². The van der Waals surface area contributed by atoms with Crippen LogP contribution in [0.3, 0.4) is 0 Å². The first-order valence-electron chi connectivity index (χ1n) is 5.40. The summed E-state index contributed by atoms with van der Waals surface area (Å²) in [4.78, 5) is 3.44. The molecule has 1 saturated carbocycles. The summed E-state index contributed by atoms with van der Waals surface area (Å²) in [7, 11) is 0. The highest BCUT2D eigenvalue weighted by atomic mass is 19.4. The molecule has 2 N–H and O–H groups in total. The average molecular weight is 246 g/mol. The number of ether oxygens (including phenoxy) is 1. The van der Waals surface area contributed by atoms with Gasteiger partial charge in [-0.1, -0.05) is 6.07 Å². The monoisotopic (exact) mass is 246 g/mol. The van der Waals surface area contributed by atoms with Crippen LogP contribution < -0.4 is 10.5 Å². The second-order valence-electron chi connectivity index (χ2n) is 4.17. The van der Waals surface area contributed by atoms with Crippen molar-refractivity contribution in [2.24, 2.45) is 11.7 Å². The molecule has 6 heteroatoms. The minimum Gasteiger partial charge on any atom is -0.474 e. The lowest BCUT2D eigenvalue weighted by Crippen LogP contribution is -2.38. The lowest BCUT2D eigenvalue weighted by atomic mass is 9.82. The molecule has 0 amide bonds. The van der Waals surface area contributed by atoms with Crippen LogP contribution in [0.4, 0.5) is 13.2 Å². The fourth-order valence-corrected chi connectivity index (χ4v) is 1.77. The molecule has 0 atom stereocenters. The van der Waals surface area contributed by atoms with Crippen LogP contribution in [0.5, 0.6) is 5.88 Å². The van der Waals surface area contributed by atoms with E-state index in [1.54, 1.807) is 0 Å². The van der Waals surface area contributed by atoms with E-state index >= 15 is 0 Å². The van der Waals surface area contributed by atoms with Gasteiger partial charge >= 0.3 is 6.18 Å². The maximum Gasteiger partial charge on any atom is 0.433 e. The smallest absolute Gasteiger partial charge is 0.433 e. The summed E-state index contributed by atoms with van der Waals surface area (Å²) >= 11 is 0. The van der Waals surface area contributed by atoms with Gasteiger partial charge in [0, 0.05) is 6.07 Å². The molecule has 0 bridgehead atoms. The number of pyridine rings is 1. The zero-order valence-electron chi connectivity index (χ0n) is 9.07. The predicted molar refractivity (Wildman–Crippen MR) is 55.4 cm³/mol. The van der Waals surface area contributed by atoms with Gasteiger partial charge < -0.3 is 10.5 Å². The van der Waals surface area contributed by atoms with E-state index in [0.717, 1.165) is 18.9 Å². The van der Waals surface area contributed by atoms with E-state index in [-0.39, 0.29) is 12.0 Å². The summed E-state index contributed by atoms with van der Waals surface area (Å²) in [6.45, 7) is 0.593. The number of rotatable bonds is 3. The topological polar surface area (TPSA) is 48.1 Å². The van der Waals surface area contributed by atoms with Crippen molar-refractivity contribution in [2.75, 3.05) is 6.54 Å². The van der Waals surface area contributed by atoms with Gasteiger partial charge in [0.15, 0.2) is 0 Å². The third kappa shape index (κ3) is 2.88. The first-order valence-corrected chi connectivity index (χ1v) is 5.40. The van der Waals surface area contributed by atoms with Crippen molar-refractivity contribution in [3.05, 3.63) is 23.9 Å². The van der Waals surface area contributed by atoms with Crippen LogP contribution in [0, 0.1) is 5.92 Å². The SMILES string of the molecule is NCC1CC(Oc2cccc(C(F)(F)F)n2)C1. The van der Waals surface area contributed by atoms with Crippen molar-refractivity contribution in [1.82, 2.24) is 4.98 Å². The molecule has 0 aromatic carbocycles. The normalized spacial score (nSPS) is 24.2. The quantitative estimate of drug-likeness (QED) is 0.889. The Bertz CT molecular complexity index is 389. The van der Waals surface area contributed by atoms with Gasteiger partial charge in [-0.05, 0) is 31.4 Å². The van der Waals surface area contributed by atoms with E-state index in [4.69, 9.17) is 10.5 Å². The number of halogens is 3. The first kappa shape index (κ1) is 12.2. The Morgan fingerprint density at radius 3 is 2.65 bits per heavy atom. The third-order valence-electron chi connectivity index (χ3n) is 2.83. The molecule has 1 aliphatic carbocycles. The van der Waals surface area contributed by atoms with Crippen molar-refractivity contribution in [1.29, 1.82) is 0 Å². The van der Waals surface area contributed by atoms with Crippen LogP contribution in [0.15, 0.2) is 18.2 Å². The van der Waals surface area contributed by atoms with Crippen LogP contribution in [-0.4, -0.2) is 17.6 Å². The molecule has 2 rings (SSSR count). The van der Waals surface area contributed by atoms with Gasteiger partial charge in [-0.3, -0.25) is 0 Å². The molecule has 1 aromatic rings. The second-order valence-corrected chi connectivity index (χ2v) is 4.17. The Morgan fingerprint density at radius 2 is 2.06 bits per heavy atom. The Labute approximate surface area is 96.8 Å². The minimum atomic E-state index is -4.43. The first-order chi connectivity index (χ1) is 7.99. The van der Waals surface area contributed by atoms with Crippen molar-refractivity contribution >= 4 is 0 Å². The average Bonchev–Trinajstić information content (AvgIpc) is 2.22. The van der Waals surface area contributed by atoms with Gasteiger partial charge in [-0.2, -0.15) is 13.2 Å². The highest BCUT2D eigenvalue weighted by Gasteiger charge is 2.34. The van der Waals surface area contributed by atoms with E-state index in [9.17, 15) is 13.2 Å². The molecule has 3 nitrogen and oxygen atoms in total. The van der Waals surface area contributed by atoms with Gasteiger partial charge in [0.1, 0.15) is 11.8 Å². The maximum atomic E-state index is 12.4. The van der Waals surface area contributed by atoms with Crippen molar-refractivity contribution in [3.8, 4) is 5.88 Å². The van der Waals surface area contributed by atoms with E-state index in [1.165, 1.54) is 12.1 Å². The van der Waals surface area contributed by atoms with Crippen molar-refractivity contribution < 1.29 is 17.9 Å². The van der Waals surface area contributed by atoms with Gasteiger partial charge in [-0.25, -0.2) is 4.98 Å². The van der Waals surface area contributed by atoms with Crippen molar-refractivity contribution in [2.45, 2.75) is 25.1 Å². The number of alkyl halides is 3. The van der Waals surface area contributed by atoms with Crippen LogP contribution in [0.25, 0.3) is 0 Å². The number of nitrogens with zero attached hydrogens (tertiary/aromatic N) is 1. The molecular weight excluding hydrogens is 233 g/mol.